The van der Waals surface area contributed by atoms with Gasteiger partial charge in [0.1, 0.15) is 5.54 Å². The van der Waals surface area contributed by atoms with Crippen molar-refractivity contribution in [1.29, 1.82) is 0 Å². The third-order valence-corrected chi connectivity index (χ3v) is 3.11. The Morgan fingerprint density at radius 1 is 1.39 bits per heavy atom. The predicted molar refractivity (Wildman–Crippen MR) is 67.1 cm³/mol. The number of amides is 1. The smallest absolute Gasteiger partial charge is 0.330 e. The molecule has 1 fully saturated rings. The van der Waals surface area contributed by atoms with E-state index >= 15 is 0 Å². The Morgan fingerprint density at radius 3 is 2.67 bits per heavy atom. The number of hydrogen-bond acceptors (Lipinski definition) is 4. The van der Waals surface area contributed by atoms with Crippen LogP contribution >= 0.6 is 0 Å². The summed E-state index contributed by atoms with van der Waals surface area (Å²) in [6, 6.07) is 0. The zero-order valence-electron chi connectivity index (χ0n) is 11.5. The second kappa shape index (κ2) is 6.73. The third-order valence-electron chi connectivity index (χ3n) is 3.11. The minimum atomic E-state index is -0.973. The fraction of sp³-hybridized carbons (Fsp3) is 0.846. The molecule has 5 nitrogen and oxygen atoms in total. The Hall–Kier alpha value is -1.10. The Kier molecular flexibility index (Phi) is 5.59. The zero-order valence-corrected chi connectivity index (χ0v) is 11.5. The maximum atomic E-state index is 11.7. The molecule has 1 aliphatic heterocycles. The molecule has 1 saturated heterocycles. The average molecular weight is 257 g/mol. The first-order valence-electron chi connectivity index (χ1n) is 6.47. The summed E-state index contributed by atoms with van der Waals surface area (Å²) in [5, 5.41) is 2.68. The highest BCUT2D eigenvalue weighted by Gasteiger charge is 2.30. The highest BCUT2D eigenvalue weighted by molar-refractivity contribution is 5.87. The summed E-state index contributed by atoms with van der Waals surface area (Å²) in [7, 11) is 1.31. The molecule has 1 heterocycles. The van der Waals surface area contributed by atoms with Gasteiger partial charge in [0, 0.05) is 13.0 Å². The van der Waals surface area contributed by atoms with E-state index in [-0.39, 0.29) is 12.0 Å². The van der Waals surface area contributed by atoms with Crippen LogP contribution in [0.5, 0.6) is 0 Å². The number of esters is 1. The lowest BCUT2D eigenvalue weighted by molar-refractivity contribution is -0.149. The number of nitrogens with one attached hydrogen (secondary N) is 1. The number of ether oxygens (including phenoxy) is 2. The molecule has 0 aromatic rings. The first-order valence-corrected chi connectivity index (χ1v) is 6.47. The van der Waals surface area contributed by atoms with E-state index in [1.165, 1.54) is 13.5 Å². The van der Waals surface area contributed by atoms with E-state index < -0.39 is 11.5 Å². The normalized spacial score (nSPS) is 20.3. The van der Waals surface area contributed by atoms with Gasteiger partial charge in [0.2, 0.25) is 5.91 Å². The monoisotopic (exact) mass is 257 g/mol. The van der Waals surface area contributed by atoms with Crippen molar-refractivity contribution in [2.75, 3.05) is 13.7 Å². The van der Waals surface area contributed by atoms with Crippen LogP contribution in [0.4, 0.5) is 0 Å². The Balaban J connectivity index is 2.30. The molecular weight excluding hydrogens is 234 g/mol. The molecule has 0 aromatic carbocycles. The molecule has 18 heavy (non-hydrogen) atoms. The number of carbonyl (C=O) groups excluding carboxylic acids is 2. The number of methoxy groups -OCH3 is 1. The second-order valence-corrected chi connectivity index (χ2v) is 5.19. The van der Waals surface area contributed by atoms with Gasteiger partial charge in [-0.2, -0.15) is 0 Å². The Labute approximate surface area is 108 Å². The molecule has 104 valence electrons. The second-order valence-electron chi connectivity index (χ2n) is 5.19. The van der Waals surface area contributed by atoms with Gasteiger partial charge >= 0.3 is 5.97 Å². The SMILES string of the molecule is COC(=O)C(C)(C)NC(=O)CC[C@@H]1CCCCO1. The summed E-state index contributed by atoms with van der Waals surface area (Å²) in [5.41, 5.74) is -0.973. The van der Waals surface area contributed by atoms with Crippen molar-refractivity contribution in [3.05, 3.63) is 0 Å². The quantitative estimate of drug-likeness (QED) is 0.756. The summed E-state index contributed by atoms with van der Waals surface area (Å²) in [6.45, 7) is 4.06. The molecule has 0 saturated carbocycles. The van der Waals surface area contributed by atoms with E-state index in [1.807, 2.05) is 0 Å². The lowest BCUT2D eigenvalue weighted by atomic mass is 10.0. The fourth-order valence-corrected chi connectivity index (χ4v) is 2.04. The van der Waals surface area contributed by atoms with Crippen LogP contribution in [0.3, 0.4) is 0 Å². The minimum Gasteiger partial charge on any atom is -0.467 e. The van der Waals surface area contributed by atoms with Crippen molar-refractivity contribution < 1.29 is 19.1 Å². The number of carbonyl (C=O) groups is 2. The van der Waals surface area contributed by atoms with Crippen LogP contribution in [-0.2, 0) is 19.1 Å². The molecule has 0 spiro atoms. The average Bonchev–Trinajstić information content (AvgIpc) is 2.36. The summed E-state index contributed by atoms with van der Waals surface area (Å²) in [6.07, 6.45) is 4.57. The predicted octanol–water partition coefficient (Wildman–Crippen LogP) is 1.40. The lowest BCUT2D eigenvalue weighted by Crippen LogP contribution is -2.50. The summed E-state index contributed by atoms with van der Waals surface area (Å²) < 4.78 is 10.2. The van der Waals surface area contributed by atoms with Crippen molar-refractivity contribution in [1.82, 2.24) is 5.32 Å². The van der Waals surface area contributed by atoms with Gasteiger partial charge in [-0.1, -0.05) is 0 Å². The molecule has 5 heteroatoms. The number of rotatable bonds is 5. The van der Waals surface area contributed by atoms with Gasteiger partial charge in [-0.05, 0) is 39.5 Å². The fourth-order valence-electron chi connectivity index (χ4n) is 2.04. The van der Waals surface area contributed by atoms with Gasteiger partial charge in [0.25, 0.3) is 0 Å². The molecule has 0 radical (unpaired) electrons. The van der Waals surface area contributed by atoms with Crippen LogP contribution in [-0.4, -0.2) is 37.2 Å². The van der Waals surface area contributed by atoms with E-state index in [1.54, 1.807) is 13.8 Å². The molecule has 1 aliphatic rings. The van der Waals surface area contributed by atoms with Crippen LogP contribution in [0.25, 0.3) is 0 Å². The van der Waals surface area contributed by atoms with Gasteiger partial charge in [0.05, 0.1) is 13.2 Å². The molecule has 1 amide bonds. The molecule has 1 rings (SSSR count). The van der Waals surface area contributed by atoms with Crippen molar-refractivity contribution in [2.24, 2.45) is 0 Å². The first kappa shape index (κ1) is 15.0. The minimum absolute atomic E-state index is 0.139. The molecule has 0 aliphatic carbocycles. The van der Waals surface area contributed by atoms with Gasteiger partial charge in [-0.15, -0.1) is 0 Å². The third kappa shape index (κ3) is 4.64. The van der Waals surface area contributed by atoms with Crippen molar-refractivity contribution in [3.63, 3.8) is 0 Å². The van der Waals surface area contributed by atoms with Crippen LogP contribution in [0.1, 0.15) is 46.0 Å². The number of hydrogen-bond donors (Lipinski definition) is 1. The van der Waals surface area contributed by atoms with Crippen molar-refractivity contribution in [3.8, 4) is 0 Å². The van der Waals surface area contributed by atoms with E-state index in [2.05, 4.69) is 10.1 Å². The van der Waals surface area contributed by atoms with E-state index in [0.717, 1.165) is 19.4 Å². The summed E-state index contributed by atoms with van der Waals surface area (Å²) in [4.78, 5) is 23.2. The maximum Gasteiger partial charge on any atom is 0.330 e. The van der Waals surface area contributed by atoms with Crippen LogP contribution in [0, 0.1) is 0 Å². The van der Waals surface area contributed by atoms with E-state index in [0.29, 0.717) is 12.8 Å². The topological polar surface area (TPSA) is 64.6 Å². The van der Waals surface area contributed by atoms with Crippen molar-refractivity contribution in [2.45, 2.75) is 57.6 Å². The van der Waals surface area contributed by atoms with Gasteiger partial charge in [-0.25, -0.2) is 4.79 Å². The molecule has 0 unspecified atom stereocenters. The van der Waals surface area contributed by atoms with Gasteiger partial charge in [0.15, 0.2) is 0 Å². The molecule has 0 aromatic heterocycles. The van der Waals surface area contributed by atoms with Crippen LogP contribution < -0.4 is 5.32 Å². The summed E-state index contributed by atoms with van der Waals surface area (Å²) >= 11 is 0. The molecule has 1 N–H and O–H groups in total. The largest absolute Gasteiger partial charge is 0.467 e. The van der Waals surface area contributed by atoms with E-state index in [9.17, 15) is 9.59 Å². The maximum absolute atomic E-state index is 11.7. The molecule has 1 atom stereocenters. The highest BCUT2D eigenvalue weighted by Crippen LogP contribution is 2.17. The Bertz CT molecular complexity index is 295. The lowest BCUT2D eigenvalue weighted by Gasteiger charge is -2.25. The first-order chi connectivity index (χ1) is 8.45. The molecule has 0 bridgehead atoms. The van der Waals surface area contributed by atoms with E-state index in [4.69, 9.17) is 4.74 Å². The van der Waals surface area contributed by atoms with Gasteiger partial charge < -0.3 is 14.8 Å². The molecular formula is C13H23NO4. The van der Waals surface area contributed by atoms with Gasteiger partial charge in [-0.3, -0.25) is 4.79 Å². The van der Waals surface area contributed by atoms with Crippen molar-refractivity contribution >= 4 is 11.9 Å². The highest BCUT2D eigenvalue weighted by atomic mass is 16.5. The van der Waals surface area contributed by atoms with Crippen LogP contribution in [0.2, 0.25) is 0 Å². The Morgan fingerprint density at radius 2 is 2.11 bits per heavy atom. The summed E-state index contributed by atoms with van der Waals surface area (Å²) in [5.74, 6) is -0.579. The zero-order chi connectivity index (χ0) is 13.6. The van der Waals surface area contributed by atoms with Crippen LogP contribution in [0.15, 0.2) is 0 Å². The standard InChI is InChI=1S/C13H23NO4/c1-13(2,12(16)17-3)14-11(15)8-7-10-6-4-5-9-18-10/h10H,4-9H2,1-3H3,(H,14,15)/t10-/m0/s1.